The molecular weight excluding hydrogens is 785 g/mol. The van der Waals surface area contributed by atoms with Gasteiger partial charge in [0.05, 0.1) is 36.9 Å². The predicted octanol–water partition coefficient (Wildman–Crippen LogP) is 7.51. The Morgan fingerprint density at radius 1 is 0.532 bits per heavy atom. The van der Waals surface area contributed by atoms with E-state index in [0.717, 1.165) is 67.8 Å². The molecule has 0 bridgehead atoms. The number of carboxylic acid groups (broad SMARTS) is 2. The molecular formula is C48H44N8O6. The van der Waals surface area contributed by atoms with Crippen LogP contribution in [0.4, 0.5) is 0 Å². The molecule has 0 radical (unpaired) electrons. The van der Waals surface area contributed by atoms with Gasteiger partial charge in [0.25, 0.3) is 0 Å². The van der Waals surface area contributed by atoms with Crippen LogP contribution in [0.15, 0.2) is 147 Å². The highest BCUT2D eigenvalue weighted by molar-refractivity contribution is 5.94. The molecule has 14 heteroatoms. The van der Waals surface area contributed by atoms with E-state index in [4.69, 9.17) is 21.7 Å². The fourth-order valence-electron chi connectivity index (χ4n) is 7.39. The number of carbonyl (C=O) groups excluding carboxylic acids is 2. The summed E-state index contributed by atoms with van der Waals surface area (Å²) in [5.41, 5.74) is 22.8. The van der Waals surface area contributed by atoms with Crippen LogP contribution >= 0.6 is 0 Å². The third-order valence-electron chi connectivity index (χ3n) is 10.5. The predicted molar refractivity (Wildman–Crippen MR) is 235 cm³/mol. The van der Waals surface area contributed by atoms with E-state index in [1.165, 1.54) is 0 Å². The van der Waals surface area contributed by atoms with Gasteiger partial charge >= 0.3 is 11.9 Å². The number of amides is 2. The van der Waals surface area contributed by atoms with E-state index in [2.05, 4.69) is 19.1 Å². The van der Waals surface area contributed by atoms with Gasteiger partial charge in [0, 0.05) is 70.1 Å². The maximum atomic E-state index is 11.6. The van der Waals surface area contributed by atoms with Gasteiger partial charge in [-0.1, -0.05) is 24.3 Å². The topological polar surface area (TPSA) is 206 Å². The summed E-state index contributed by atoms with van der Waals surface area (Å²) in [4.78, 5) is 53.6. The van der Waals surface area contributed by atoms with Crippen LogP contribution < -0.4 is 11.5 Å². The van der Waals surface area contributed by atoms with Crippen LogP contribution in [0.1, 0.15) is 56.1 Å². The van der Waals surface area contributed by atoms with Gasteiger partial charge in [0.2, 0.25) is 11.8 Å². The Balaban J connectivity index is 0.000000186. The first-order valence-corrected chi connectivity index (χ1v) is 19.7. The fourth-order valence-corrected chi connectivity index (χ4v) is 7.39. The first-order valence-electron chi connectivity index (χ1n) is 19.7. The maximum Gasteiger partial charge on any atom is 0.303 e. The number of aryl methyl sites for hydroxylation is 4. The van der Waals surface area contributed by atoms with E-state index in [1.54, 1.807) is 49.3 Å². The molecule has 0 fully saturated rings. The third-order valence-corrected chi connectivity index (χ3v) is 10.5. The first-order chi connectivity index (χ1) is 29.9. The molecule has 8 aromatic rings. The fraction of sp³-hybridized carbons (Fsp3) is 0.125. The number of hydrogen-bond acceptors (Lipinski definition) is 6. The number of nitrogens with zero attached hydrogens (tertiary/aromatic N) is 6. The van der Waals surface area contributed by atoms with Gasteiger partial charge in [-0.2, -0.15) is 0 Å². The Kier molecular flexibility index (Phi) is 12.4. The quantitative estimate of drug-likeness (QED) is 0.0861. The molecule has 0 saturated carbocycles. The summed E-state index contributed by atoms with van der Waals surface area (Å²) in [7, 11) is 0. The average Bonchev–Trinajstić information content (AvgIpc) is 4.11. The summed E-state index contributed by atoms with van der Waals surface area (Å²) < 4.78 is 7.95. The zero-order valence-electron chi connectivity index (χ0n) is 34.1. The van der Waals surface area contributed by atoms with E-state index in [1.807, 2.05) is 120 Å². The highest BCUT2D eigenvalue weighted by atomic mass is 16.4. The van der Waals surface area contributed by atoms with Gasteiger partial charge in [-0.15, -0.1) is 0 Å². The van der Waals surface area contributed by atoms with E-state index in [0.29, 0.717) is 24.0 Å². The van der Waals surface area contributed by atoms with E-state index in [9.17, 15) is 19.2 Å². The maximum absolute atomic E-state index is 11.6. The monoisotopic (exact) mass is 828 g/mol. The largest absolute Gasteiger partial charge is 0.481 e. The number of nitrogens with two attached hydrogens (primary N) is 2. The number of aliphatic carboxylic acids is 2. The molecule has 0 aliphatic carbocycles. The van der Waals surface area contributed by atoms with Gasteiger partial charge in [0.1, 0.15) is 0 Å². The Bertz CT molecular complexity index is 2670. The van der Waals surface area contributed by atoms with E-state index < -0.39 is 23.8 Å². The smallest absolute Gasteiger partial charge is 0.303 e. The molecule has 14 nitrogen and oxygen atoms in total. The summed E-state index contributed by atoms with van der Waals surface area (Å²) >= 11 is 0. The van der Waals surface area contributed by atoms with Crippen LogP contribution in [0.3, 0.4) is 0 Å². The Morgan fingerprint density at radius 3 is 1.23 bits per heavy atom. The zero-order chi connectivity index (χ0) is 43.9. The number of carbonyl (C=O) groups is 4. The Labute approximate surface area is 357 Å². The molecule has 4 heterocycles. The van der Waals surface area contributed by atoms with E-state index >= 15 is 0 Å². The Morgan fingerprint density at radius 2 is 0.919 bits per heavy atom. The number of rotatable bonds is 14. The number of hydrogen-bond donors (Lipinski definition) is 4. The van der Waals surface area contributed by atoms with Gasteiger partial charge < -0.3 is 39.9 Å². The summed E-state index contributed by atoms with van der Waals surface area (Å²) in [5, 5.41) is 18.3. The summed E-state index contributed by atoms with van der Waals surface area (Å²) in [6.07, 6.45) is 11.5. The molecule has 0 unspecified atom stereocenters. The number of primary amides is 2. The normalized spacial score (nSPS) is 10.9. The van der Waals surface area contributed by atoms with Crippen molar-refractivity contribution in [1.82, 2.24) is 28.2 Å². The standard InChI is InChI=1S/2C24H22N4O3/c2*1-16-14-18(24(25)31)4-9-21(16)28-20(8-11-23(29)30)7-10-22(28)17-2-5-19(6-3-17)27-13-12-26-15-27/h2*2-7,9-10,12-15H,8,11H2,1H3,(H2,25,31)(H,29,30). The minimum Gasteiger partial charge on any atom is -0.481 e. The van der Waals surface area contributed by atoms with Crippen LogP contribution in [0.2, 0.25) is 0 Å². The second-order valence-corrected chi connectivity index (χ2v) is 14.6. The minimum atomic E-state index is -0.847. The third kappa shape index (κ3) is 9.29. The van der Waals surface area contributed by atoms with Crippen molar-refractivity contribution in [2.75, 3.05) is 0 Å². The number of imidazole rings is 2. The molecule has 312 valence electrons. The molecule has 0 saturated heterocycles. The molecule has 62 heavy (non-hydrogen) atoms. The molecule has 0 atom stereocenters. The van der Waals surface area contributed by atoms with Crippen molar-refractivity contribution < 1.29 is 29.4 Å². The van der Waals surface area contributed by atoms with Gasteiger partial charge in [0.15, 0.2) is 0 Å². The number of aromatic nitrogens is 6. The van der Waals surface area contributed by atoms with Crippen LogP contribution in [-0.4, -0.2) is 62.2 Å². The summed E-state index contributed by atoms with van der Waals surface area (Å²) in [6, 6.07) is 34.6. The van der Waals surface area contributed by atoms with Crippen LogP contribution in [-0.2, 0) is 22.4 Å². The molecule has 4 aromatic heterocycles. The van der Waals surface area contributed by atoms with E-state index in [-0.39, 0.29) is 12.8 Å². The minimum absolute atomic E-state index is 0.0292. The SMILES string of the molecule is Cc1cc(C(N)=O)ccc1-n1c(CCC(=O)O)ccc1-c1ccc(-n2ccnc2)cc1.Cc1cc(C(N)=O)ccc1-n1c(CCC(=O)O)ccc1-c1ccc(-n2ccnc2)cc1. The van der Waals surface area contributed by atoms with Crippen molar-refractivity contribution in [2.45, 2.75) is 39.5 Å². The lowest BCUT2D eigenvalue weighted by Crippen LogP contribution is -2.12. The highest BCUT2D eigenvalue weighted by Crippen LogP contribution is 2.32. The summed E-state index contributed by atoms with van der Waals surface area (Å²) in [6.45, 7) is 3.82. The van der Waals surface area contributed by atoms with Crippen molar-refractivity contribution in [2.24, 2.45) is 11.5 Å². The van der Waals surface area contributed by atoms with Gasteiger partial charge in [-0.05, 0) is 134 Å². The summed E-state index contributed by atoms with van der Waals surface area (Å²) in [5.74, 6) is -2.66. The molecule has 0 aliphatic rings. The first kappa shape index (κ1) is 41.9. The molecule has 8 rings (SSSR count). The molecule has 0 aliphatic heterocycles. The lowest BCUT2D eigenvalue weighted by molar-refractivity contribution is -0.138. The van der Waals surface area contributed by atoms with Crippen molar-refractivity contribution >= 4 is 23.8 Å². The zero-order valence-corrected chi connectivity index (χ0v) is 34.1. The van der Waals surface area contributed by atoms with Gasteiger partial charge in [-0.25, -0.2) is 9.97 Å². The van der Waals surface area contributed by atoms with Crippen molar-refractivity contribution in [3.8, 4) is 45.3 Å². The second kappa shape index (κ2) is 18.3. The van der Waals surface area contributed by atoms with Crippen molar-refractivity contribution in [1.29, 1.82) is 0 Å². The van der Waals surface area contributed by atoms with Crippen molar-refractivity contribution in [3.05, 3.63) is 180 Å². The highest BCUT2D eigenvalue weighted by Gasteiger charge is 2.18. The lowest BCUT2D eigenvalue weighted by Gasteiger charge is -2.17. The average molecular weight is 829 g/mol. The molecule has 4 aromatic carbocycles. The number of carboxylic acids is 2. The van der Waals surface area contributed by atoms with Crippen LogP contribution in [0, 0.1) is 13.8 Å². The lowest BCUT2D eigenvalue weighted by atomic mass is 10.1. The molecule has 0 spiro atoms. The van der Waals surface area contributed by atoms with Gasteiger partial charge in [-0.3, -0.25) is 19.2 Å². The van der Waals surface area contributed by atoms with Crippen LogP contribution in [0.5, 0.6) is 0 Å². The molecule has 2 amide bonds. The second-order valence-electron chi connectivity index (χ2n) is 14.6. The Hall–Kier alpha value is -8.26. The van der Waals surface area contributed by atoms with Crippen LogP contribution in [0.25, 0.3) is 45.3 Å². The number of benzene rings is 4. The van der Waals surface area contributed by atoms with Crippen molar-refractivity contribution in [3.63, 3.8) is 0 Å². The molecule has 6 N–H and O–H groups in total.